The van der Waals surface area contributed by atoms with Crippen molar-refractivity contribution in [2.75, 3.05) is 13.2 Å². The standard InChI is InChI=1S/C16H22O4/c1-2-11-20-16(18)6-4-3-5-12-19-15-9-7-14(13-17)8-10-15/h2,7-10,17H,1,3-6,11-13H2. The zero-order valence-electron chi connectivity index (χ0n) is 11.7. The summed E-state index contributed by atoms with van der Waals surface area (Å²) < 4.78 is 10.4. The Morgan fingerprint density at radius 1 is 1.20 bits per heavy atom. The first-order valence-corrected chi connectivity index (χ1v) is 6.85. The summed E-state index contributed by atoms with van der Waals surface area (Å²) in [5.41, 5.74) is 0.871. The number of hydrogen-bond acceptors (Lipinski definition) is 4. The zero-order valence-corrected chi connectivity index (χ0v) is 11.7. The monoisotopic (exact) mass is 278 g/mol. The fourth-order valence-electron chi connectivity index (χ4n) is 1.65. The molecular weight excluding hydrogens is 256 g/mol. The van der Waals surface area contributed by atoms with Gasteiger partial charge in [-0.05, 0) is 37.0 Å². The van der Waals surface area contributed by atoms with E-state index in [4.69, 9.17) is 14.6 Å². The second-order valence-electron chi connectivity index (χ2n) is 4.43. The van der Waals surface area contributed by atoms with Gasteiger partial charge in [-0.25, -0.2) is 0 Å². The molecule has 0 aliphatic heterocycles. The third-order valence-corrected chi connectivity index (χ3v) is 2.76. The van der Waals surface area contributed by atoms with Gasteiger partial charge in [-0.2, -0.15) is 0 Å². The average molecular weight is 278 g/mol. The molecule has 0 bridgehead atoms. The summed E-state index contributed by atoms with van der Waals surface area (Å²) in [4.78, 5) is 11.2. The highest BCUT2D eigenvalue weighted by molar-refractivity contribution is 5.69. The Bertz CT molecular complexity index is 397. The molecule has 0 aromatic heterocycles. The molecule has 0 radical (unpaired) electrons. The lowest BCUT2D eigenvalue weighted by Crippen LogP contribution is -2.04. The number of unbranched alkanes of at least 4 members (excludes halogenated alkanes) is 2. The maximum atomic E-state index is 11.2. The van der Waals surface area contributed by atoms with E-state index >= 15 is 0 Å². The molecule has 1 aromatic rings. The van der Waals surface area contributed by atoms with Crippen LogP contribution < -0.4 is 4.74 Å². The Hall–Kier alpha value is -1.81. The highest BCUT2D eigenvalue weighted by Gasteiger charge is 2.01. The number of ether oxygens (including phenoxy) is 2. The topological polar surface area (TPSA) is 55.8 Å². The molecule has 0 amide bonds. The molecule has 110 valence electrons. The van der Waals surface area contributed by atoms with Crippen molar-refractivity contribution in [3.8, 4) is 5.75 Å². The van der Waals surface area contributed by atoms with Gasteiger partial charge in [0.05, 0.1) is 13.2 Å². The van der Waals surface area contributed by atoms with Crippen molar-refractivity contribution in [1.29, 1.82) is 0 Å². The lowest BCUT2D eigenvalue weighted by molar-refractivity contribution is -0.142. The van der Waals surface area contributed by atoms with Gasteiger partial charge in [0, 0.05) is 6.42 Å². The molecule has 0 aliphatic carbocycles. The zero-order chi connectivity index (χ0) is 14.6. The molecule has 20 heavy (non-hydrogen) atoms. The first-order valence-electron chi connectivity index (χ1n) is 6.85. The average Bonchev–Trinajstić information content (AvgIpc) is 2.49. The first kappa shape index (κ1) is 16.2. The molecular formula is C16H22O4. The van der Waals surface area contributed by atoms with Crippen LogP contribution in [0.15, 0.2) is 36.9 Å². The highest BCUT2D eigenvalue weighted by Crippen LogP contribution is 2.13. The van der Waals surface area contributed by atoms with Gasteiger partial charge in [0.1, 0.15) is 12.4 Å². The van der Waals surface area contributed by atoms with E-state index in [2.05, 4.69) is 6.58 Å². The summed E-state index contributed by atoms with van der Waals surface area (Å²) in [6, 6.07) is 7.37. The van der Waals surface area contributed by atoms with E-state index in [0.717, 1.165) is 30.6 Å². The fraction of sp³-hybridized carbons (Fsp3) is 0.438. The summed E-state index contributed by atoms with van der Waals surface area (Å²) in [6.07, 6.45) is 4.64. The van der Waals surface area contributed by atoms with Gasteiger partial charge >= 0.3 is 5.97 Å². The fourth-order valence-corrected chi connectivity index (χ4v) is 1.65. The maximum absolute atomic E-state index is 11.2. The molecule has 0 heterocycles. The van der Waals surface area contributed by atoms with Crippen LogP contribution in [-0.4, -0.2) is 24.3 Å². The molecule has 0 saturated heterocycles. The molecule has 0 unspecified atom stereocenters. The Kier molecular flexibility index (Phi) is 8.15. The number of carbonyl (C=O) groups is 1. The molecule has 0 saturated carbocycles. The van der Waals surface area contributed by atoms with Crippen LogP contribution in [-0.2, 0) is 16.1 Å². The van der Waals surface area contributed by atoms with Crippen molar-refractivity contribution in [2.24, 2.45) is 0 Å². The smallest absolute Gasteiger partial charge is 0.306 e. The number of aliphatic hydroxyl groups excluding tert-OH is 1. The van der Waals surface area contributed by atoms with Crippen LogP contribution in [0, 0.1) is 0 Å². The SMILES string of the molecule is C=CCOC(=O)CCCCCOc1ccc(CO)cc1. The molecule has 4 heteroatoms. The van der Waals surface area contributed by atoms with Crippen molar-refractivity contribution in [3.05, 3.63) is 42.5 Å². The van der Waals surface area contributed by atoms with E-state index in [-0.39, 0.29) is 19.2 Å². The van der Waals surface area contributed by atoms with Gasteiger partial charge in [0.25, 0.3) is 0 Å². The lowest BCUT2D eigenvalue weighted by atomic mass is 10.2. The third kappa shape index (κ3) is 6.95. The first-order chi connectivity index (χ1) is 9.76. The van der Waals surface area contributed by atoms with E-state index in [0.29, 0.717) is 13.0 Å². The minimum Gasteiger partial charge on any atom is -0.494 e. The van der Waals surface area contributed by atoms with Gasteiger partial charge in [-0.15, -0.1) is 0 Å². The number of aliphatic hydroxyl groups is 1. The Balaban J connectivity index is 2.04. The summed E-state index contributed by atoms with van der Waals surface area (Å²) in [5.74, 6) is 0.623. The van der Waals surface area contributed by atoms with E-state index in [1.54, 1.807) is 6.08 Å². The van der Waals surface area contributed by atoms with Crippen molar-refractivity contribution in [2.45, 2.75) is 32.3 Å². The minimum atomic E-state index is -0.176. The van der Waals surface area contributed by atoms with Crippen LogP contribution in [0.1, 0.15) is 31.2 Å². The molecule has 0 fully saturated rings. The summed E-state index contributed by atoms with van der Waals surface area (Å²) in [6.45, 7) is 4.44. The Labute approximate surface area is 120 Å². The number of hydrogen-bond donors (Lipinski definition) is 1. The highest BCUT2D eigenvalue weighted by atomic mass is 16.5. The number of carbonyl (C=O) groups excluding carboxylic acids is 1. The van der Waals surface area contributed by atoms with E-state index < -0.39 is 0 Å². The van der Waals surface area contributed by atoms with Crippen LogP contribution in [0.3, 0.4) is 0 Å². The van der Waals surface area contributed by atoms with Crippen molar-refractivity contribution in [1.82, 2.24) is 0 Å². The third-order valence-electron chi connectivity index (χ3n) is 2.76. The molecule has 0 aliphatic rings. The normalized spacial score (nSPS) is 10.1. The van der Waals surface area contributed by atoms with Crippen molar-refractivity contribution in [3.63, 3.8) is 0 Å². The van der Waals surface area contributed by atoms with Crippen LogP contribution >= 0.6 is 0 Å². The second-order valence-corrected chi connectivity index (χ2v) is 4.43. The summed E-state index contributed by atoms with van der Waals surface area (Å²) in [7, 11) is 0. The van der Waals surface area contributed by atoms with E-state index in [9.17, 15) is 4.79 Å². The van der Waals surface area contributed by atoms with E-state index in [1.165, 1.54) is 0 Å². The number of benzene rings is 1. The number of esters is 1. The minimum absolute atomic E-state index is 0.0439. The predicted octanol–water partition coefficient (Wildman–Crippen LogP) is 2.85. The second kappa shape index (κ2) is 10.0. The largest absolute Gasteiger partial charge is 0.494 e. The summed E-state index contributed by atoms with van der Waals surface area (Å²) in [5, 5.41) is 8.92. The predicted molar refractivity (Wildman–Crippen MR) is 77.5 cm³/mol. The number of rotatable bonds is 10. The van der Waals surface area contributed by atoms with Crippen LogP contribution in [0.5, 0.6) is 5.75 Å². The molecule has 0 spiro atoms. The van der Waals surface area contributed by atoms with E-state index in [1.807, 2.05) is 24.3 Å². The van der Waals surface area contributed by atoms with Crippen LogP contribution in [0.2, 0.25) is 0 Å². The lowest BCUT2D eigenvalue weighted by Gasteiger charge is -2.06. The van der Waals surface area contributed by atoms with Gasteiger partial charge in [-0.1, -0.05) is 24.8 Å². The van der Waals surface area contributed by atoms with Gasteiger partial charge in [-0.3, -0.25) is 4.79 Å². The molecule has 4 nitrogen and oxygen atoms in total. The van der Waals surface area contributed by atoms with Gasteiger partial charge in [0.2, 0.25) is 0 Å². The molecule has 1 N–H and O–H groups in total. The Morgan fingerprint density at radius 2 is 1.95 bits per heavy atom. The molecule has 1 aromatic carbocycles. The summed E-state index contributed by atoms with van der Waals surface area (Å²) >= 11 is 0. The van der Waals surface area contributed by atoms with Gasteiger partial charge in [0.15, 0.2) is 0 Å². The van der Waals surface area contributed by atoms with Crippen molar-refractivity contribution >= 4 is 5.97 Å². The van der Waals surface area contributed by atoms with Crippen LogP contribution in [0.4, 0.5) is 0 Å². The maximum Gasteiger partial charge on any atom is 0.306 e. The molecule has 1 rings (SSSR count). The quantitative estimate of drug-likeness (QED) is 0.406. The Morgan fingerprint density at radius 3 is 2.60 bits per heavy atom. The van der Waals surface area contributed by atoms with Gasteiger partial charge < -0.3 is 14.6 Å². The molecule has 0 atom stereocenters. The van der Waals surface area contributed by atoms with Crippen molar-refractivity contribution < 1.29 is 19.4 Å². The van der Waals surface area contributed by atoms with Crippen LogP contribution in [0.25, 0.3) is 0 Å².